The molecule has 92 valence electrons. The van der Waals surface area contributed by atoms with Gasteiger partial charge >= 0.3 is 0 Å². The maximum absolute atomic E-state index is 11.9. The summed E-state index contributed by atoms with van der Waals surface area (Å²) in [6, 6.07) is 3.95. The van der Waals surface area contributed by atoms with Crippen molar-refractivity contribution in [2.45, 2.75) is 13.8 Å². The van der Waals surface area contributed by atoms with Crippen molar-refractivity contribution in [3.05, 3.63) is 22.4 Å². The molecular weight excluding hydrogens is 254 g/mol. The van der Waals surface area contributed by atoms with Gasteiger partial charge in [0, 0.05) is 28.0 Å². The van der Waals surface area contributed by atoms with Crippen molar-refractivity contribution in [2.75, 3.05) is 13.2 Å². The Bertz CT molecular complexity index is 499. The Morgan fingerprint density at radius 2 is 2.24 bits per heavy atom. The zero-order chi connectivity index (χ0) is 12.5. The monoisotopic (exact) mass is 269 g/mol. The Morgan fingerprint density at radius 3 is 2.88 bits per heavy atom. The molecule has 0 bridgehead atoms. The van der Waals surface area contributed by atoms with Crippen molar-refractivity contribution in [3.8, 4) is 0 Å². The van der Waals surface area contributed by atoms with E-state index in [0.717, 1.165) is 14.3 Å². The molecule has 1 amide bonds. The Kier molecular flexibility index (Phi) is 3.51. The van der Waals surface area contributed by atoms with Crippen molar-refractivity contribution in [2.24, 2.45) is 5.41 Å². The largest absolute Gasteiger partial charge is 0.396 e. The molecule has 5 heteroatoms. The highest BCUT2D eigenvalue weighted by atomic mass is 32.1. The van der Waals surface area contributed by atoms with Crippen molar-refractivity contribution in [1.82, 2.24) is 5.32 Å². The van der Waals surface area contributed by atoms with Gasteiger partial charge in [0.05, 0.1) is 4.88 Å². The lowest BCUT2D eigenvalue weighted by Crippen LogP contribution is -2.35. The number of aliphatic hydroxyl groups excluding tert-OH is 1. The number of nitrogens with one attached hydrogen (secondary N) is 1. The Balaban J connectivity index is 2.03. The highest BCUT2D eigenvalue weighted by molar-refractivity contribution is 7.27. The van der Waals surface area contributed by atoms with Crippen LogP contribution in [0.3, 0.4) is 0 Å². The van der Waals surface area contributed by atoms with Crippen LogP contribution in [-0.4, -0.2) is 24.2 Å². The molecule has 0 atom stereocenters. The fraction of sp³-hybridized carbons (Fsp3) is 0.417. The summed E-state index contributed by atoms with van der Waals surface area (Å²) in [5.74, 6) is -0.0556. The van der Waals surface area contributed by atoms with E-state index < -0.39 is 0 Å². The molecular formula is C12H15NO2S2. The first-order valence-corrected chi connectivity index (χ1v) is 7.07. The molecule has 0 spiro atoms. The minimum Gasteiger partial charge on any atom is -0.396 e. The second kappa shape index (κ2) is 4.76. The summed E-state index contributed by atoms with van der Waals surface area (Å²) in [7, 11) is 0. The van der Waals surface area contributed by atoms with Gasteiger partial charge in [0.1, 0.15) is 0 Å². The SMILES string of the molecule is CC(C)(CO)CNC(=O)c1cc2sccc2s1. The van der Waals surface area contributed by atoms with Crippen LogP contribution in [0.25, 0.3) is 9.40 Å². The van der Waals surface area contributed by atoms with Gasteiger partial charge in [-0.05, 0) is 17.5 Å². The third kappa shape index (κ3) is 2.86. The van der Waals surface area contributed by atoms with E-state index in [4.69, 9.17) is 5.11 Å². The van der Waals surface area contributed by atoms with E-state index in [0.29, 0.717) is 6.54 Å². The highest BCUT2D eigenvalue weighted by Gasteiger charge is 2.18. The van der Waals surface area contributed by atoms with Crippen LogP contribution in [0, 0.1) is 5.41 Å². The van der Waals surface area contributed by atoms with Crippen LogP contribution < -0.4 is 5.32 Å². The van der Waals surface area contributed by atoms with Gasteiger partial charge in [-0.2, -0.15) is 0 Å². The van der Waals surface area contributed by atoms with Crippen LogP contribution in [0.4, 0.5) is 0 Å². The molecule has 2 aromatic heterocycles. The third-order valence-electron chi connectivity index (χ3n) is 2.52. The third-order valence-corrected chi connectivity index (χ3v) is 4.61. The van der Waals surface area contributed by atoms with E-state index in [1.54, 1.807) is 11.3 Å². The molecule has 3 nitrogen and oxygen atoms in total. The molecule has 0 unspecified atom stereocenters. The molecule has 0 aliphatic rings. The Hall–Kier alpha value is -0.910. The van der Waals surface area contributed by atoms with Crippen molar-refractivity contribution >= 4 is 38.0 Å². The van der Waals surface area contributed by atoms with E-state index in [2.05, 4.69) is 5.32 Å². The quantitative estimate of drug-likeness (QED) is 0.896. The van der Waals surface area contributed by atoms with Gasteiger partial charge in [-0.15, -0.1) is 22.7 Å². The van der Waals surface area contributed by atoms with Gasteiger partial charge in [-0.25, -0.2) is 0 Å². The van der Waals surface area contributed by atoms with E-state index in [1.807, 2.05) is 31.4 Å². The molecule has 17 heavy (non-hydrogen) atoms. The number of carbonyl (C=O) groups is 1. The van der Waals surface area contributed by atoms with Gasteiger partial charge in [-0.1, -0.05) is 13.8 Å². The zero-order valence-electron chi connectivity index (χ0n) is 9.82. The summed E-state index contributed by atoms with van der Waals surface area (Å²) < 4.78 is 2.31. The van der Waals surface area contributed by atoms with Crippen molar-refractivity contribution < 1.29 is 9.90 Å². The minimum atomic E-state index is -0.274. The second-order valence-corrected chi connectivity index (χ2v) is 6.80. The van der Waals surface area contributed by atoms with Gasteiger partial charge in [0.2, 0.25) is 0 Å². The smallest absolute Gasteiger partial charge is 0.261 e. The summed E-state index contributed by atoms with van der Waals surface area (Å²) in [6.07, 6.45) is 0. The lowest BCUT2D eigenvalue weighted by molar-refractivity contribution is 0.0915. The standard InChI is InChI=1S/C12H15NO2S2/c1-12(2,7-14)6-13-11(15)10-5-9-8(17-10)3-4-16-9/h3-5,14H,6-7H2,1-2H3,(H,13,15). The molecule has 0 saturated carbocycles. The van der Waals surface area contributed by atoms with Gasteiger partial charge in [-0.3, -0.25) is 4.79 Å². The van der Waals surface area contributed by atoms with Crippen LogP contribution >= 0.6 is 22.7 Å². The van der Waals surface area contributed by atoms with Gasteiger partial charge in [0.25, 0.3) is 5.91 Å². The van der Waals surface area contributed by atoms with Crippen LogP contribution in [0.15, 0.2) is 17.5 Å². The summed E-state index contributed by atoms with van der Waals surface area (Å²) >= 11 is 3.15. The lowest BCUT2D eigenvalue weighted by Gasteiger charge is -2.21. The molecule has 2 heterocycles. The molecule has 2 N–H and O–H groups in total. The molecule has 2 aromatic rings. The first-order chi connectivity index (χ1) is 8.02. The van der Waals surface area contributed by atoms with E-state index in [-0.39, 0.29) is 17.9 Å². The number of hydrogen-bond donors (Lipinski definition) is 2. The molecule has 2 rings (SSSR count). The van der Waals surface area contributed by atoms with Crippen molar-refractivity contribution in [3.63, 3.8) is 0 Å². The predicted octanol–water partition coefficient (Wildman–Crippen LogP) is 2.71. The normalized spacial score (nSPS) is 11.9. The number of rotatable bonds is 4. The maximum Gasteiger partial charge on any atom is 0.261 e. The zero-order valence-corrected chi connectivity index (χ0v) is 11.5. The van der Waals surface area contributed by atoms with Crippen LogP contribution in [0.5, 0.6) is 0 Å². The highest BCUT2D eigenvalue weighted by Crippen LogP contribution is 2.29. The molecule has 0 saturated heterocycles. The number of thiophene rings is 2. The first-order valence-electron chi connectivity index (χ1n) is 5.38. The van der Waals surface area contributed by atoms with Gasteiger partial charge in [0.15, 0.2) is 0 Å². The van der Waals surface area contributed by atoms with E-state index in [1.165, 1.54) is 11.3 Å². The maximum atomic E-state index is 11.9. The minimum absolute atomic E-state index is 0.0556. The summed E-state index contributed by atoms with van der Waals surface area (Å²) in [4.78, 5) is 12.6. The molecule has 0 radical (unpaired) electrons. The van der Waals surface area contributed by atoms with E-state index in [9.17, 15) is 4.79 Å². The number of aliphatic hydroxyl groups is 1. The predicted molar refractivity (Wildman–Crippen MR) is 72.9 cm³/mol. The number of hydrogen-bond acceptors (Lipinski definition) is 4. The van der Waals surface area contributed by atoms with Crippen LogP contribution in [0.1, 0.15) is 23.5 Å². The lowest BCUT2D eigenvalue weighted by atomic mass is 9.95. The first kappa shape index (κ1) is 12.5. The second-order valence-electron chi connectivity index (χ2n) is 4.76. The Labute approximate surface area is 108 Å². The van der Waals surface area contributed by atoms with Crippen LogP contribution in [-0.2, 0) is 0 Å². The molecule has 0 aliphatic heterocycles. The fourth-order valence-electron chi connectivity index (χ4n) is 1.34. The Morgan fingerprint density at radius 1 is 1.47 bits per heavy atom. The number of amides is 1. The molecule has 0 fully saturated rings. The average Bonchev–Trinajstić information content (AvgIpc) is 2.86. The number of carbonyl (C=O) groups excluding carboxylic acids is 1. The van der Waals surface area contributed by atoms with Gasteiger partial charge < -0.3 is 10.4 Å². The van der Waals surface area contributed by atoms with E-state index >= 15 is 0 Å². The van der Waals surface area contributed by atoms with Crippen molar-refractivity contribution in [1.29, 1.82) is 0 Å². The fourth-order valence-corrected chi connectivity index (χ4v) is 3.37. The van der Waals surface area contributed by atoms with Crippen LogP contribution in [0.2, 0.25) is 0 Å². The summed E-state index contributed by atoms with van der Waals surface area (Å²) in [5.41, 5.74) is -0.274. The molecule has 0 aromatic carbocycles. The summed E-state index contributed by atoms with van der Waals surface area (Å²) in [6.45, 7) is 4.38. The topological polar surface area (TPSA) is 49.3 Å². The summed E-state index contributed by atoms with van der Waals surface area (Å²) in [5, 5.41) is 14.0. The molecule has 0 aliphatic carbocycles. The number of fused-ring (bicyclic) bond motifs is 1. The average molecular weight is 269 g/mol.